The van der Waals surface area contributed by atoms with Gasteiger partial charge in [-0.05, 0) is 39.3 Å². The maximum absolute atomic E-state index is 12.1. The van der Waals surface area contributed by atoms with E-state index in [9.17, 15) is 4.79 Å². The predicted octanol–water partition coefficient (Wildman–Crippen LogP) is 1.62. The van der Waals surface area contributed by atoms with Gasteiger partial charge < -0.3 is 10.1 Å². The summed E-state index contributed by atoms with van der Waals surface area (Å²) < 4.78 is 7.05. The lowest BCUT2D eigenvalue weighted by Crippen LogP contribution is -2.29. The van der Waals surface area contributed by atoms with E-state index in [0.717, 1.165) is 38.2 Å². The van der Waals surface area contributed by atoms with E-state index in [2.05, 4.69) is 27.3 Å². The number of carbonyl (C=O) groups is 1. The van der Waals surface area contributed by atoms with E-state index in [1.54, 1.807) is 24.7 Å². The smallest absolute Gasteiger partial charge is 0.255 e. The van der Waals surface area contributed by atoms with Crippen molar-refractivity contribution in [3.8, 4) is 0 Å². The van der Waals surface area contributed by atoms with Crippen LogP contribution in [0.15, 0.2) is 12.7 Å². The molecule has 2 rings (SSSR count). The van der Waals surface area contributed by atoms with Crippen molar-refractivity contribution in [3.63, 3.8) is 0 Å². The lowest BCUT2D eigenvalue weighted by atomic mass is 9.98. The number of amides is 1. The van der Waals surface area contributed by atoms with E-state index >= 15 is 0 Å². The maximum atomic E-state index is 12.1. The zero-order valence-electron chi connectivity index (χ0n) is 13.7. The molecule has 1 aromatic rings. The molecule has 0 aromatic carbocycles. The largest absolute Gasteiger partial charge is 0.368 e. The van der Waals surface area contributed by atoms with Crippen LogP contribution in [0.4, 0.5) is 5.95 Å². The molecule has 1 unspecified atom stereocenters. The van der Waals surface area contributed by atoms with E-state index in [4.69, 9.17) is 4.74 Å². The van der Waals surface area contributed by atoms with Crippen LogP contribution in [0.1, 0.15) is 37.9 Å². The van der Waals surface area contributed by atoms with Crippen molar-refractivity contribution < 1.29 is 9.53 Å². The standard InChI is InChI=1S/C15H25N5O2.ClH/c1-4-5-10-22-11(2)14(21)18-15-17-13(19-20(15)3)12-6-8-16-9-7-12;/h4,11-12,16H,1,5-10H2,2-3H3,(H,17,18,19,21);1H. The van der Waals surface area contributed by atoms with Crippen molar-refractivity contribution in [2.75, 3.05) is 25.0 Å². The first-order chi connectivity index (χ1) is 10.6. The molecular weight excluding hydrogens is 318 g/mol. The number of rotatable bonds is 7. The van der Waals surface area contributed by atoms with Gasteiger partial charge in [-0.3, -0.25) is 10.1 Å². The fraction of sp³-hybridized carbons (Fsp3) is 0.667. The first-order valence-corrected chi connectivity index (χ1v) is 7.76. The van der Waals surface area contributed by atoms with Crippen LogP contribution in [0.3, 0.4) is 0 Å². The molecule has 1 fully saturated rings. The van der Waals surface area contributed by atoms with Gasteiger partial charge in [0, 0.05) is 13.0 Å². The number of hydrogen-bond acceptors (Lipinski definition) is 5. The molecule has 23 heavy (non-hydrogen) atoms. The second-order valence-corrected chi connectivity index (χ2v) is 5.52. The van der Waals surface area contributed by atoms with Crippen molar-refractivity contribution in [2.45, 2.75) is 38.2 Å². The third-order valence-electron chi connectivity index (χ3n) is 3.78. The quantitative estimate of drug-likeness (QED) is 0.581. The molecule has 0 saturated carbocycles. The van der Waals surface area contributed by atoms with Gasteiger partial charge in [0.15, 0.2) is 5.82 Å². The van der Waals surface area contributed by atoms with Crippen molar-refractivity contribution in [1.29, 1.82) is 0 Å². The van der Waals surface area contributed by atoms with Crippen molar-refractivity contribution in [1.82, 2.24) is 20.1 Å². The highest BCUT2D eigenvalue weighted by atomic mass is 35.5. The average Bonchev–Trinajstić information content (AvgIpc) is 2.89. The van der Waals surface area contributed by atoms with E-state index in [1.807, 2.05) is 0 Å². The molecule has 0 spiro atoms. The molecule has 0 aliphatic carbocycles. The van der Waals surface area contributed by atoms with Gasteiger partial charge in [0.2, 0.25) is 5.95 Å². The summed E-state index contributed by atoms with van der Waals surface area (Å²) in [6.45, 7) is 7.80. The Balaban J connectivity index is 0.00000264. The Morgan fingerprint density at radius 2 is 2.26 bits per heavy atom. The third kappa shape index (κ3) is 5.60. The molecule has 130 valence electrons. The summed E-state index contributed by atoms with van der Waals surface area (Å²) in [4.78, 5) is 16.6. The van der Waals surface area contributed by atoms with Crippen LogP contribution < -0.4 is 10.6 Å². The highest BCUT2D eigenvalue weighted by Crippen LogP contribution is 2.23. The number of anilines is 1. The zero-order chi connectivity index (χ0) is 15.9. The van der Waals surface area contributed by atoms with Crippen LogP contribution in [0.5, 0.6) is 0 Å². The normalized spacial score (nSPS) is 16.4. The Kier molecular flexibility index (Phi) is 8.22. The topological polar surface area (TPSA) is 81.1 Å². The summed E-state index contributed by atoms with van der Waals surface area (Å²) in [7, 11) is 1.79. The molecule has 2 heterocycles. The number of aryl methyl sites for hydroxylation is 1. The lowest BCUT2D eigenvalue weighted by Gasteiger charge is -2.19. The molecule has 2 N–H and O–H groups in total. The first-order valence-electron chi connectivity index (χ1n) is 7.76. The SMILES string of the molecule is C=CCCOC(C)C(=O)Nc1nc(C2CCNCC2)nn1C.Cl. The molecular formula is C15H26ClN5O2. The van der Waals surface area contributed by atoms with Gasteiger partial charge in [0.25, 0.3) is 5.91 Å². The Bertz CT molecular complexity index is 514. The molecule has 7 nitrogen and oxygen atoms in total. The molecule has 1 saturated heterocycles. The number of piperidine rings is 1. The van der Waals surface area contributed by atoms with Gasteiger partial charge in [0.1, 0.15) is 6.10 Å². The van der Waals surface area contributed by atoms with Gasteiger partial charge in [-0.2, -0.15) is 10.1 Å². The van der Waals surface area contributed by atoms with Crippen LogP contribution in [0, 0.1) is 0 Å². The van der Waals surface area contributed by atoms with Crippen LogP contribution in [-0.2, 0) is 16.6 Å². The van der Waals surface area contributed by atoms with Gasteiger partial charge in [-0.1, -0.05) is 6.08 Å². The molecule has 1 atom stereocenters. The molecule has 0 bridgehead atoms. The van der Waals surface area contributed by atoms with Crippen molar-refractivity contribution >= 4 is 24.3 Å². The third-order valence-corrected chi connectivity index (χ3v) is 3.78. The van der Waals surface area contributed by atoms with E-state index in [1.165, 1.54) is 0 Å². The zero-order valence-corrected chi connectivity index (χ0v) is 14.6. The number of hydrogen-bond donors (Lipinski definition) is 2. The van der Waals surface area contributed by atoms with Crippen molar-refractivity contribution in [2.24, 2.45) is 7.05 Å². The number of ether oxygens (including phenoxy) is 1. The van der Waals surface area contributed by atoms with Gasteiger partial charge in [-0.15, -0.1) is 19.0 Å². The predicted molar refractivity (Wildman–Crippen MR) is 92.0 cm³/mol. The number of nitrogens with zero attached hydrogens (tertiary/aromatic N) is 3. The molecule has 1 aliphatic rings. The molecule has 0 radical (unpaired) electrons. The summed E-state index contributed by atoms with van der Waals surface area (Å²) in [6.07, 6.45) is 4.01. The van der Waals surface area contributed by atoms with Crippen LogP contribution in [-0.4, -0.2) is 46.5 Å². The number of halogens is 1. The highest BCUT2D eigenvalue weighted by Gasteiger charge is 2.22. The highest BCUT2D eigenvalue weighted by molar-refractivity contribution is 5.92. The van der Waals surface area contributed by atoms with Gasteiger partial charge in [0.05, 0.1) is 6.61 Å². The minimum Gasteiger partial charge on any atom is -0.368 e. The molecule has 1 aromatic heterocycles. The summed E-state index contributed by atoms with van der Waals surface area (Å²) in [5.74, 6) is 1.42. The Hall–Kier alpha value is -1.44. The summed E-state index contributed by atoms with van der Waals surface area (Å²) >= 11 is 0. The Morgan fingerprint density at radius 3 is 2.91 bits per heavy atom. The number of nitrogens with one attached hydrogen (secondary N) is 2. The van der Waals surface area contributed by atoms with E-state index in [0.29, 0.717) is 18.5 Å². The van der Waals surface area contributed by atoms with E-state index < -0.39 is 6.10 Å². The monoisotopic (exact) mass is 343 g/mol. The Labute approximate surface area is 143 Å². The minimum atomic E-state index is -0.529. The molecule has 1 amide bonds. The molecule has 1 aliphatic heterocycles. The summed E-state index contributed by atoms with van der Waals surface area (Å²) in [5.41, 5.74) is 0. The first kappa shape index (κ1) is 19.6. The molecule has 8 heteroatoms. The van der Waals surface area contributed by atoms with Gasteiger partial charge in [-0.25, -0.2) is 4.68 Å². The van der Waals surface area contributed by atoms with Crippen LogP contribution in [0.25, 0.3) is 0 Å². The number of carbonyl (C=O) groups excluding carboxylic acids is 1. The minimum absolute atomic E-state index is 0. The second-order valence-electron chi connectivity index (χ2n) is 5.52. The van der Waals surface area contributed by atoms with Crippen molar-refractivity contribution in [3.05, 3.63) is 18.5 Å². The van der Waals surface area contributed by atoms with Crippen LogP contribution >= 0.6 is 12.4 Å². The maximum Gasteiger partial charge on any atom is 0.255 e. The van der Waals surface area contributed by atoms with Crippen LogP contribution in [0.2, 0.25) is 0 Å². The summed E-state index contributed by atoms with van der Waals surface area (Å²) in [6, 6.07) is 0. The number of aromatic nitrogens is 3. The Morgan fingerprint density at radius 1 is 1.57 bits per heavy atom. The van der Waals surface area contributed by atoms with Gasteiger partial charge >= 0.3 is 0 Å². The lowest BCUT2D eigenvalue weighted by molar-refractivity contribution is -0.126. The second kappa shape index (κ2) is 9.64. The fourth-order valence-corrected chi connectivity index (χ4v) is 2.38. The average molecular weight is 344 g/mol. The summed E-state index contributed by atoms with van der Waals surface area (Å²) in [5, 5.41) is 10.5. The fourth-order valence-electron chi connectivity index (χ4n) is 2.38. The van der Waals surface area contributed by atoms with E-state index in [-0.39, 0.29) is 18.3 Å².